The third-order valence-electron chi connectivity index (χ3n) is 16.2. The normalized spacial score (nSPS) is 15.3. The van der Waals surface area contributed by atoms with Gasteiger partial charge < -0.3 is 9.80 Å². The zero-order valence-electron chi connectivity index (χ0n) is 44.6. The number of pyridine rings is 1. The minimum Gasteiger partial charge on any atom is -0.340 e. The first-order chi connectivity index (χ1) is 38.1. The summed E-state index contributed by atoms with van der Waals surface area (Å²) in [5.74, 6) is 0. The summed E-state index contributed by atoms with van der Waals surface area (Å²) in [6.45, 7) is 11.2. The van der Waals surface area contributed by atoms with Gasteiger partial charge in [-0.25, -0.2) is 0 Å². The average molecular weight is 1000 g/mol. The molecular formula is C75H59N3. The fourth-order valence-corrected chi connectivity index (χ4v) is 12.4. The van der Waals surface area contributed by atoms with Crippen molar-refractivity contribution in [2.75, 3.05) is 22.9 Å². The van der Waals surface area contributed by atoms with E-state index in [1.54, 1.807) is 0 Å². The fraction of sp³-hybridized carbons (Fsp3) is 0.107. The molecule has 14 rings (SSSR count). The van der Waals surface area contributed by atoms with Crippen LogP contribution >= 0.6 is 0 Å². The molecule has 374 valence electrons. The number of allylic oxidation sites excluding steroid dienone is 2. The number of benzene rings is 9. The minimum atomic E-state index is 0.126. The van der Waals surface area contributed by atoms with Gasteiger partial charge >= 0.3 is 0 Å². The van der Waals surface area contributed by atoms with Crippen molar-refractivity contribution in [1.82, 2.24) is 4.98 Å². The van der Waals surface area contributed by atoms with Gasteiger partial charge in [0.25, 0.3) is 0 Å². The number of hydrogen-bond donors (Lipinski definition) is 0. The second-order valence-corrected chi connectivity index (χ2v) is 22.9. The highest BCUT2D eigenvalue weighted by atomic mass is 15.2. The topological polar surface area (TPSA) is 19.4 Å². The summed E-state index contributed by atoms with van der Waals surface area (Å²) in [4.78, 5) is 10.1. The van der Waals surface area contributed by atoms with Crippen molar-refractivity contribution in [3.05, 3.63) is 271 Å². The monoisotopic (exact) mass is 1000 g/mol. The molecule has 0 saturated heterocycles. The largest absolute Gasteiger partial charge is 0.340 e. The molecule has 0 unspecified atom stereocenters. The maximum Gasteiger partial charge on any atom is 0.0702 e. The summed E-state index contributed by atoms with van der Waals surface area (Å²) in [7, 11) is 0. The molecule has 4 aliphatic heterocycles. The molecular weight excluding hydrogens is 943 g/mol. The molecule has 0 radical (unpaired) electrons. The van der Waals surface area contributed by atoms with Crippen molar-refractivity contribution in [3.63, 3.8) is 0 Å². The molecule has 5 heterocycles. The molecule has 0 bridgehead atoms. The molecule has 3 nitrogen and oxygen atoms in total. The first kappa shape index (κ1) is 47.2. The Morgan fingerprint density at radius 3 is 1.15 bits per heavy atom. The smallest absolute Gasteiger partial charge is 0.0702 e. The lowest BCUT2D eigenvalue weighted by molar-refractivity contribution is 0.515. The maximum atomic E-state index is 5.16. The van der Waals surface area contributed by atoms with Crippen LogP contribution in [-0.4, -0.2) is 18.1 Å². The molecule has 0 spiro atoms. The van der Waals surface area contributed by atoms with Crippen LogP contribution in [0.1, 0.15) is 38.8 Å². The van der Waals surface area contributed by atoms with Crippen LogP contribution in [0.3, 0.4) is 0 Å². The van der Waals surface area contributed by atoms with E-state index >= 15 is 0 Å². The van der Waals surface area contributed by atoms with E-state index in [-0.39, 0.29) is 10.8 Å². The van der Waals surface area contributed by atoms with Crippen LogP contribution < -0.4 is 9.80 Å². The second-order valence-electron chi connectivity index (χ2n) is 22.9. The highest BCUT2D eigenvalue weighted by Gasteiger charge is 2.33. The fourth-order valence-electron chi connectivity index (χ4n) is 12.4. The van der Waals surface area contributed by atoms with Gasteiger partial charge in [-0.15, -0.1) is 0 Å². The Labute approximate surface area is 459 Å². The third kappa shape index (κ3) is 8.72. The first-order valence-electron chi connectivity index (χ1n) is 27.4. The molecule has 1 aromatic heterocycles. The predicted molar refractivity (Wildman–Crippen MR) is 330 cm³/mol. The lowest BCUT2D eigenvalue weighted by Gasteiger charge is -2.29. The summed E-state index contributed by atoms with van der Waals surface area (Å²) < 4.78 is 0. The van der Waals surface area contributed by atoms with E-state index in [1.165, 1.54) is 89.5 Å². The van der Waals surface area contributed by atoms with E-state index in [4.69, 9.17) is 4.98 Å². The molecule has 3 heteroatoms. The molecule has 78 heavy (non-hydrogen) atoms. The standard InChI is InChI=1S/C75H59N3/c1-74(2)45-63-34-29-57-40-54(32-37-72(57)77(63)48-74)65-19-8-11-22-68(65)60-42-61(69-23-12-9-20-66(69)55-33-38-73-58(41-55)30-35-64-46-75(3,4)49-78(64)73)44-62(43-60)70-24-13-10-21-67(70)59-31-36-71(76-47-59)56-18-14-17-53(39-56)52-27-25-51(26-28-52)50-15-6-5-7-16-50/h5-47H,48-49H2,1-4H3. The lowest BCUT2D eigenvalue weighted by Crippen LogP contribution is -2.26. The van der Waals surface area contributed by atoms with Crippen molar-refractivity contribution >= 4 is 23.5 Å². The highest BCUT2D eigenvalue weighted by Crippen LogP contribution is 2.47. The van der Waals surface area contributed by atoms with Crippen LogP contribution in [0.25, 0.3) is 112 Å². The molecule has 0 fully saturated rings. The van der Waals surface area contributed by atoms with Crippen LogP contribution in [-0.2, 0) is 0 Å². The summed E-state index contributed by atoms with van der Waals surface area (Å²) in [5, 5.41) is 0. The lowest BCUT2D eigenvalue weighted by atomic mass is 9.86. The molecule has 4 aliphatic rings. The van der Waals surface area contributed by atoms with Gasteiger partial charge in [0.1, 0.15) is 0 Å². The van der Waals surface area contributed by atoms with E-state index in [9.17, 15) is 0 Å². The van der Waals surface area contributed by atoms with Gasteiger partial charge in [-0.05, 0) is 161 Å². The molecule has 0 saturated carbocycles. The Morgan fingerprint density at radius 1 is 0.308 bits per heavy atom. The third-order valence-corrected chi connectivity index (χ3v) is 16.2. The average Bonchev–Trinajstić information content (AvgIpc) is 4.09. The Balaban J connectivity index is 0.858. The van der Waals surface area contributed by atoms with Gasteiger partial charge in [0.05, 0.1) is 5.69 Å². The number of hydrogen-bond acceptors (Lipinski definition) is 3. The zero-order chi connectivity index (χ0) is 52.5. The Hall–Kier alpha value is -9.31. The van der Waals surface area contributed by atoms with E-state index in [0.29, 0.717) is 0 Å². The number of anilines is 2. The second kappa shape index (κ2) is 18.8. The summed E-state index contributed by atoms with van der Waals surface area (Å²) in [6, 6.07) is 80.5. The summed E-state index contributed by atoms with van der Waals surface area (Å²) in [6.07, 6.45) is 16.0. The van der Waals surface area contributed by atoms with Crippen molar-refractivity contribution < 1.29 is 0 Å². The van der Waals surface area contributed by atoms with Gasteiger partial charge in [0, 0.05) is 64.0 Å². The van der Waals surface area contributed by atoms with Crippen molar-refractivity contribution in [1.29, 1.82) is 0 Å². The van der Waals surface area contributed by atoms with Gasteiger partial charge in [-0.1, -0.05) is 216 Å². The Kier molecular flexibility index (Phi) is 11.3. The van der Waals surface area contributed by atoms with Crippen molar-refractivity contribution in [3.8, 4) is 100 Å². The van der Waals surface area contributed by atoms with E-state index < -0.39 is 0 Å². The van der Waals surface area contributed by atoms with Gasteiger partial charge in [-0.3, -0.25) is 4.98 Å². The minimum absolute atomic E-state index is 0.126. The maximum absolute atomic E-state index is 5.16. The van der Waals surface area contributed by atoms with Crippen molar-refractivity contribution in [2.24, 2.45) is 10.8 Å². The zero-order valence-corrected chi connectivity index (χ0v) is 44.6. The molecule has 0 N–H and O–H groups in total. The van der Waals surface area contributed by atoms with Crippen LogP contribution in [0.5, 0.6) is 0 Å². The summed E-state index contributed by atoms with van der Waals surface area (Å²) in [5.41, 5.74) is 28.7. The van der Waals surface area contributed by atoms with E-state index in [2.05, 4.69) is 292 Å². The van der Waals surface area contributed by atoms with Gasteiger partial charge in [0.15, 0.2) is 0 Å². The Bertz CT molecular complexity index is 3970. The van der Waals surface area contributed by atoms with Crippen LogP contribution in [0.4, 0.5) is 11.4 Å². The molecule has 10 aromatic rings. The van der Waals surface area contributed by atoms with Crippen LogP contribution in [0.15, 0.2) is 260 Å². The predicted octanol–water partition coefficient (Wildman–Crippen LogP) is 19.6. The first-order valence-corrected chi connectivity index (χ1v) is 27.4. The molecule has 0 atom stereocenters. The van der Waals surface area contributed by atoms with E-state index in [0.717, 1.165) is 57.7 Å². The van der Waals surface area contributed by atoms with Crippen LogP contribution in [0.2, 0.25) is 0 Å². The molecule has 9 aromatic carbocycles. The van der Waals surface area contributed by atoms with E-state index in [1.807, 2.05) is 6.20 Å². The van der Waals surface area contributed by atoms with Crippen molar-refractivity contribution in [2.45, 2.75) is 27.7 Å². The number of fused-ring (bicyclic) bond motifs is 6. The van der Waals surface area contributed by atoms with Crippen LogP contribution in [0, 0.1) is 10.8 Å². The number of nitrogens with zero attached hydrogens (tertiary/aromatic N) is 3. The number of aromatic nitrogens is 1. The molecule has 0 aliphatic carbocycles. The summed E-state index contributed by atoms with van der Waals surface area (Å²) >= 11 is 0. The van der Waals surface area contributed by atoms with Gasteiger partial charge in [0.2, 0.25) is 0 Å². The van der Waals surface area contributed by atoms with Gasteiger partial charge in [-0.2, -0.15) is 0 Å². The number of rotatable bonds is 9. The quantitative estimate of drug-likeness (QED) is 0.144. The molecule has 0 amide bonds. The SMILES string of the molecule is CC1(C)C=C2C=Cc3cc(-c4ccccc4-c4cc(-c5ccccc5-c5ccc(-c6cccc(-c7ccc(-c8ccccc8)cc7)c6)nc5)cc(-c5ccccc5-c5ccc6c(c5)C=CC5=CC(C)(C)CN56)c4)ccc3N2C1. The highest BCUT2D eigenvalue weighted by molar-refractivity contribution is 5.96. The Morgan fingerprint density at radius 2 is 0.679 bits per heavy atom.